The van der Waals surface area contributed by atoms with Crippen molar-refractivity contribution >= 4 is 29.5 Å². The van der Waals surface area contributed by atoms with E-state index >= 15 is 0 Å². The minimum atomic E-state index is -1.07. The Labute approximate surface area is 163 Å². The third kappa shape index (κ3) is 6.28. The van der Waals surface area contributed by atoms with Crippen LogP contribution in [-0.2, 0) is 19.1 Å². The minimum Gasteiger partial charge on any atom is -0.497 e. The third-order valence-electron chi connectivity index (χ3n) is 3.65. The highest BCUT2D eigenvalue weighted by Crippen LogP contribution is 2.15. The van der Waals surface area contributed by atoms with Gasteiger partial charge in [0, 0.05) is 12.6 Å². The molecule has 0 fully saturated rings. The van der Waals surface area contributed by atoms with Gasteiger partial charge in [0.25, 0.3) is 5.91 Å². The van der Waals surface area contributed by atoms with Gasteiger partial charge in [-0.05, 0) is 42.8 Å². The lowest BCUT2D eigenvalue weighted by atomic mass is 10.2. The number of methoxy groups -OCH3 is 1. The molecule has 0 saturated carbocycles. The van der Waals surface area contributed by atoms with E-state index in [0.29, 0.717) is 17.0 Å². The van der Waals surface area contributed by atoms with Crippen LogP contribution in [0, 0.1) is 0 Å². The molecule has 2 amide bonds. The molecule has 7 nitrogen and oxygen atoms in total. The van der Waals surface area contributed by atoms with E-state index in [2.05, 4.69) is 10.6 Å². The number of ether oxygens (including phenoxy) is 2. The van der Waals surface area contributed by atoms with E-state index in [-0.39, 0.29) is 5.70 Å². The van der Waals surface area contributed by atoms with Gasteiger partial charge in [0.05, 0.1) is 7.11 Å². The molecule has 0 spiro atoms. The Morgan fingerprint density at radius 3 is 2.21 bits per heavy atom. The molecular weight excluding hydrogens is 360 g/mol. The highest BCUT2D eigenvalue weighted by Gasteiger charge is 2.21. The van der Waals surface area contributed by atoms with Crippen LogP contribution < -0.4 is 15.4 Å². The molecule has 0 aromatic heterocycles. The summed E-state index contributed by atoms with van der Waals surface area (Å²) in [5.74, 6) is -1.07. The van der Waals surface area contributed by atoms with Crippen molar-refractivity contribution in [2.24, 2.45) is 0 Å². The molecule has 2 aromatic carbocycles. The lowest BCUT2D eigenvalue weighted by molar-refractivity contribution is -0.149. The highest BCUT2D eigenvalue weighted by molar-refractivity contribution is 6.00. The van der Waals surface area contributed by atoms with Gasteiger partial charge in [-0.2, -0.15) is 0 Å². The van der Waals surface area contributed by atoms with Gasteiger partial charge in [0.2, 0.25) is 5.91 Å². The summed E-state index contributed by atoms with van der Waals surface area (Å²) in [6.07, 6.45) is 0.417. The van der Waals surface area contributed by atoms with E-state index in [0.717, 1.165) is 0 Å². The maximum absolute atomic E-state index is 12.4. The number of anilines is 1. The van der Waals surface area contributed by atoms with Gasteiger partial charge in [-0.1, -0.05) is 30.3 Å². The van der Waals surface area contributed by atoms with Crippen molar-refractivity contribution in [1.82, 2.24) is 5.32 Å². The monoisotopic (exact) mass is 382 g/mol. The van der Waals surface area contributed by atoms with Crippen molar-refractivity contribution in [3.63, 3.8) is 0 Å². The SMILES string of the molecule is COc1ccc(NC(=O)C(C)OC(=O)/C(=C/c2ccccc2)NC(C)=O)cc1. The Hall–Kier alpha value is -3.61. The average Bonchev–Trinajstić information content (AvgIpc) is 2.68. The molecule has 2 aromatic rings. The van der Waals surface area contributed by atoms with E-state index in [1.54, 1.807) is 55.6 Å². The number of carbonyl (C=O) groups excluding carboxylic acids is 3. The lowest BCUT2D eigenvalue weighted by Crippen LogP contribution is -2.33. The van der Waals surface area contributed by atoms with Crippen LogP contribution in [-0.4, -0.2) is 31.0 Å². The molecule has 0 aliphatic rings. The van der Waals surface area contributed by atoms with Crippen molar-refractivity contribution in [2.45, 2.75) is 20.0 Å². The fourth-order valence-electron chi connectivity index (χ4n) is 2.25. The summed E-state index contributed by atoms with van der Waals surface area (Å²) in [5.41, 5.74) is 1.19. The van der Waals surface area contributed by atoms with Crippen LogP contribution in [0.2, 0.25) is 0 Å². The van der Waals surface area contributed by atoms with E-state index < -0.39 is 23.9 Å². The summed E-state index contributed by atoms with van der Waals surface area (Å²) >= 11 is 0. The van der Waals surface area contributed by atoms with Crippen molar-refractivity contribution in [2.75, 3.05) is 12.4 Å². The Morgan fingerprint density at radius 1 is 1.00 bits per heavy atom. The van der Waals surface area contributed by atoms with Gasteiger partial charge in [-0.25, -0.2) is 4.79 Å². The smallest absolute Gasteiger partial charge is 0.355 e. The van der Waals surface area contributed by atoms with E-state index in [4.69, 9.17) is 9.47 Å². The Bertz CT molecular complexity index is 860. The largest absolute Gasteiger partial charge is 0.497 e. The number of rotatable bonds is 7. The standard InChI is InChI=1S/C21H22N2O5/c1-14(20(25)23-17-9-11-18(27-3)12-10-17)28-21(26)19(22-15(2)24)13-16-7-5-4-6-8-16/h4-14H,1-3H3,(H,22,24)(H,23,25)/b19-13-. The number of carbonyl (C=O) groups is 3. The first-order valence-corrected chi connectivity index (χ1v) is 8.59. The van der Waals surface area contributed by atoms with Crippen LogP contribution in [0.3, 0.4) is 0 Å². The summed E-state index contributed by atoms with van der Waals surface area (Å²) in [6.45, 7) is 2.73. The Morgan fingerprint density at radius 2 is 1.64 bits per heavy atom. The lowest BCUT2D eigenvalue weighted by Gasteiger charge is -2.15. The molecule has 0 aliphatic carbocycles. The van der Waals surface area contributed by atoms with E-state index in [9.17, 15) is 14.4 Å². The summed E-state index contributed by atoms with van der Waals surface area (Å²) in [5, 5.41) is 5.09. The van der Waals surface area contributed by atoms with Crippen molar-refractivity contribution in [3.05, 3.63) is 65.9 Å². The molecule has 2 N–H and O–H groups in total. The van der Waals surface area contributed by atoms with Gasteiger partial charge >= 0.3 is 5.97 Å². The van der Waals surface area contributed by atoms with Crippen LogP contribution in [0.1, 0.15) is 19.4 Å². The molecule has 0 bridgehead atoms. The maximum Gasteiger partial charge on any atom is 0.355 e. The van der Waals surface area contributed by atoms with E-state index in [1.165, 1.54) is 19.9 Å². The number of amides is 2. The number of hydrogen-bond acceptors (Lipinski definition) is 5. The van der Waals surface area contributed by atoms with Crippen molar-refractivity contribution in [3.8, 4) is 5.75 Å². The van der Waals surface area contributed by atoms with Crippen LogP contribution >= 0.6 is 0 Å². The first kappa shape index (κ1) is 20.7. The molecular formula is C21H22N2O5. The van der Waals surface area contributed by atoms with Crippen molar-refractivity contribution < 1.29 is 23.9 Å². The third-order valence-corrected chi connectivity index (χ3v) is 3.65. The Kier molecular flexibility index (Phi) is 7.33. The van der Waals surface area contributed by atoms with Crippen LogP contribution in [0.15, 0.2) is 60.3 Å². The predicted octanol–water partition coefficient (Wildman–Crippen LogP) is 2.74. The molecule has 146 valence electrons. The molecule has 0 heterocycles. The van der Waals surface area contributed by atoms with E-state index in [1.807, 2.05) is 6.07 Å². The maximum atomic E-state index is 12.4. The topological polar surface area (TPSA) is 93.7 Å². The second-order valence-electron chi connectivity index (χ2n) is 5.92. The average molecular weight is 382 g/mol. The van der Waals surface area contributed by atoms with Gasteiger partial charge in [-0.15, -0.1) is 0 Å². The zero-order chi connectivity index (χ0) is 20.5. The molecule has 0 aliphatic heterocycles. The first-order chi connectivity index (χ1) is 13.4. The number of esters is 1. The molecule has 7 heteroatoms. The quantitative estimate of drug-likeness (QED) is 0.567. The molecule has 28 heavy (non-hydrogen) atoms. The van der Waals surface area contributed by atoms with Crippen molar-refractivity contribution in [1.29, 1.82) is 0 Å². The Balaban J connectivity index is 2.05. The summed E-state index contributed by atoms with van der Waals surface area (Å²) in [6, 6.07) is 15.7. The number of nitrogens with one attached hydrogen (secondary N) is 2. The van der Waals surface area contributed by atoms with Gasteiger partial charge in [-0.3, -0.25) is 9.59 Å². The fourth-order valence-corrected chi connectivity index (χ4v) is 2.25. The second-order valence-corrected chi connectivity index (χ2v) is 5.92. The van der Waals surface area contributed by atoms with Crippen LogP contribution in [0.4, 0.5) is 5.69 Å². The summed E-state index contributed by atoms with van der Waals surface area (Å²) in [4.78, 5) is 36.1. The van der Waals surface area contributed by atoms with Gasteiger partial charge < -0.3 is 20.1 Å². The number of benzene rings is 2. The zero-order valence-corrected chi connectivity index (χ0v) is 15.9. The molecule has 0 radical (unpaired) electrons. The fraction of sp³-hybridized carbons (Fsp3) is 0.190. The summed E-state index contributed by atoms with van der Waals surface area (Å²) < 4.78 is 10.3. The predicted molar refractivity (Wildman–Crippen MR) is 105 cm³/mol. The number of hydrogen-bond donors (Lipinski definition) is 2. The van der Waals surface area contributed by atoms with Gasteiger partial charge in [0.1, 0.15) is 11.4 Å². The molecule has 0 saturated heterocycles. The first-order valence-electron chi connectivity index (χ1n) is 8.59. The molecule has 2 rings (SSSR count). The highest BCUT2D eigenvalue weighted by atomic mass is 16.5. The second kappa shape index (κ2) is 9.91. The minimum absolute atomic E-state index is 0.0530. The van der Waals surface area contributed by atoms with Gasteiger partial charge in [0.15, 0.2) is 6.10 Å². The van der Waals surface area contributed by atoms with Crippen LogP contribution in [0.5, 0.6) is 5.75 Å². The normalized spacial score (nSPS) is 11.9. The summed E-state index contributed by atoms with van der Waals surface area (Å²) in [7, 11) is 1.55. The molecule has 1 atom stereocenters. The van der Waals surface area contributed by atoms with Crippen LogP contribution in [0.25, 0.3) is 6.08 Å². The molecule has 1 unspecified atom stereocenters. The zero-order valence-electron chi connectivity index (χ0n) is 15.9.